The third-order valence-corrected chi connectivity index (χ3v) is 5.21. The van der Waals surface area contributed by atoms with Gasteiger partial charge in [-0.2, -0.15) is 0 Å². The third-order valence-electron chi connectivity index (χ3n) is 4.98. The van der Waals surface area contributed by atoms with Gasteiger partial charge in [-0.05, 0) is 32.2 Å². The summed E-state index contributed by atoms with van der Waals surface area (Å²) < 4.78 is 0. The van der Waals surface area contributed by atoms with Gasteiger partial charge in [0.25, 0.3) is 0 Å². The summed E-state index contributed by atoms with van der Waals surface area (Å²) in [6, 6.07) is 0.371. The SMILES string of the molecule is C#CCCCN1CCC(N(CCCCCCCC)C(=O)CCl)CC1. The maximum Gasteiger partial charge on any atom is 0.237 e. The van der Waals surface area contributed by atoms with E-state index < -0.39 is 0 Å². The van der Waals surface area contributed by atoms with Gasteiger partial charge in [0.1, 0.15) is 5.88 Å². The van der Waals surface area contributed by atoms with Crippen molar-refractivity contribution in [3.05, 3.63) is 0 Å². The molecular formula is C20H35ClN2O. The summed E-state index contributed by atoms with van der Waals surface area (Å²) in [4.78, 5) is 16.8. The molecular weight excluding hydrogens is 320 g/mol. The molecule has 0 aliphatic carbocycles. The summed E-state index contributed by atoms with van der Waals surface area (Å²) in [5.74, 6) is 2.92. The quantitative estimate of drug-likeness (QED) is 0.296. The Morgan fingerprint density at radius 1 is 1.17 bits per heavy atom. The molecule has 1 amide bonds. The molecule has 1 rings (SSSR count). The fraction of sp³-hybridized carbons (Fsp3) is 0.850. The molecule has 1 fully saturated rings. The van der Waals surface area contributed by atoms with E-state index in [1.807, 2.05) is 0 Å². The maximum atomic E-state index is 12.2. The van der Waals surface area contributed by atoms with Crippen LogP contribution in [0.25, 0.3) is 0 Å². The topological polar surface area (TPSA) is 23.6 Å². The predicted molar refractivity (Wildman–Crippen MR) is 103 cm³/mol. The Morgan fingerprint density at radius 3 is 2.46 bits per heavy atom. The lowest BCUT2D eigenvalue weighted by Gasteiger charge is -2.38. The number of nitrogens with zero attached hydrogens (tertiary/aromatic N) is 2. The van der Waals surface area contributed by atoms with Crippen molar-refractivity contribution in [3.8, 4) is 12.3 Å². The lowest BCUT2D eigenvalue weighted by Crippen LogP contribution is -2.48. The van der Waals surface area contributed by atoms with Crippen molar-refractivity contribution in [1.29, 1.82) is 0 Å². The van der Waals surface area contributed by atoms with E-state index in [1.54, 1.807) is 0 Å². The van der Waals surface area contributed by atoms with Crippen molar-refractivity contribution in [2.24, 2.45) is 0 Å². The van der Waals surface area contributed by atoms with Gasteiger partial charge in [0.05, 0.1) is 0 Å². The van der Waals surface area contributed by atoms with Crippen LogP contribution in [0.15, 0.2) is 0 Å². The molecule has 4 heteroatoms. The number of hydrogen-bond donors (Lipinski definition) is 0. The molecule has 1 aliphatic heterocycles. The number of amides is 1. The normalized spacial score (nSPS) is 16.0. The number of unbranched alkanes of at least 4 members (excludes halogenated alkanes) is 6. The number of hydrogen-bond acceptors (Lipinski definition) is 2. The van der Waals surface area contributed by atoms with E-state index >= 15 is 0 Å². The highest BCUT2D eigenvalue weighted by molar-refractivity contribution is 6.27. The minimum atomic E-state index is 0.107. The van der Waals surface area contributed by atoms with Crippen LogP contribution >= 0.6 is 11.6 Å². The van der Waals surface area contributed by atoms with Crippen molar-refractivity contribution >= 4 is 17.5 Å². The number of piperidine rings is 1. The Labute approximate surface area is 154 Å². The zero-order chi connectivity index (χ0) is 17.6. The molecule has 24 heavy (non-hydrogen) atoms. The van der Waals surface area contributed by atoms with Crippen molar-refractivity contribution in [2.75, 3.05) is 32.1 Å². The highest BCUT2D eigenvalue weighted by Gasteiger charge is 2.26. The molecule has 1 aliphatic rings. The lowest BCUT2D eigenvalue weighted by atomic mass is 10.0. The van der Waals surface area contributed by atoms with E-state index in [1.165, 1.54) is 32.1 Å². The lowest BCUT2D eigenvalue weighted by molar-refractivity contribution is -0.131. The van der Waals surface area contributed by atoms with Gasteiger partial charge in [-0.1, -0.05) is 39.0 Å². The van der Waals surface area contributed by atoms with Crippen LogP contribution in [0.5, 0.6) is 0 Å². The minimum Gasteiger partial charge on any atom is -0.339 e. The first kappa shape index (κ1) is 21.3. The van der Waals surface area contributed by atoms with Gasteiger partial charge in [-0.3, -0.25) is 4.79 Å². The molecule has 0 N–H and O–H groups in total. The van der Waals surface area contributed by atoms with Gasteiger partial charge in [0.15, 0.2) is 0 Å². The largest absolute Gasteiger partial charge is 0.339 e. The van der Waals surface area contributed by atoms with Crippen LogP contribution in [0.4, 0.5) is 0 Å². The van der Waals surface area contributed by atoms with Crippen LogP contribution in [0, 0.1) is 12.3 Å². The van der Waals surface area contributed by atoms with E-state index in [-0.39, 0.29) is 11.8 Å². The van der Waals surface area contributed by atoms with Crippen LogP contribution in [-0.2, 0) is 4.79 Å². The maximum absolute atomic E-state index is 12.2. The smallest absolute Gasteiger partial charge is 0.237 e. The van der Waals surface area contributed by atoms with E-state index in [0.717, 1.165) is 58.3 Å². The second-order valence-electron chi connectivity index (χ2n) is 6.87. The van der Waals surface area contributed by atoms with Crippen molar-refractivity contribution < 1.29 is 4.79 Å². The van der Waals surface area contributed by atoms with Gasteiger partial charge < -0.3 is 9.80 Å². The fourth-order valence-corrected chi connectivity index (χ4v) is 3.66. The summed E-state index contributed by atoms with van der Waals surface area (Å²) in [6.45, 7) is 6.33. The molecule has 0 unspecified atom stereocenters. The van der Waals surface area contributed by atoms with Crippen LogP contribution in [0.3, 0.4) is 0 Å². The Bertz CT molecular complexity index is 372. The van der Waals surface area contributed by atoms with Gasteiger partial charge in [0, 0.05) is 32.1 Å². The second kappa shape index (κ2) is 13.6. The Morgan fingerprint density at radius 2 is 1.83 bits per heavy atom. The molecule has 0 bridgehead atoms. The summed E-state index contributed by atoms with van der Waals surface area (Å²) in [6.07, 6.45) is 16.9. The van der Waals surface area contributed by atoms with Crippen molar-refractivity contribution in [1.82, 2.24) is 9.80 Å². The number of alkyl halides is 1. The van der Waals surface area contributed by atoms with Crippen LogP contribution in [-0.4, -0.2) is 53.8 Å². The number of likely N-dealkylation sites (tertiary alicyclic amines) is 1. The van der Waals surface area contributed by atoms with Gasteiger partial charge in [0.2, 0.25) is 5.91 Å². The number of terminal acetylenes is 1. The first-order valence-electron chi connectivity index (χ1n) is 9.74. The van der Waals surface area contributed by atoms with Crippen LogP contribution in [0.1, 0.15) is 71.1 Å². The van der Waals surface area contributed by atoms with Crippen LogP contribution < -0.4 is 0 Å². The molecule has 3 nitrogen and oxygen atoms in total. The molecule has 0 spiro atoms. The van der Waals surface area contributed by atoms with Crippen molar-refractivity contribution in [3.63, 3.8) is 0 Å². The zero-order valence-corrected chi connectivity index (χ0v) is 16.2. The zero-order valence-electron chi connectivity index (χ0n) is 15.4. The summed E-state index contributed by atoms with van der Waals surface area (Å²) in [5.41, 5.74) is 0. The second-order valence-corrected chi connectivity index (χ2v) is 7.14. The summed E-state index contributed by atoms with van der Waals surface area (Å²) in [7, 11) is 0. The molecule has 0 aromatic rings. The van der Waals surface area contributed by atoms with Crippen molar-refractivity contribution in [2.45, 2.75) is 77.2 Å². The molecule has 0 radical (unpaired) electrons. The highest BCUT2D eigenvalue weighted by atomic mass is 35.5. The molecule has 0 atom stereocenters. The number of halogens is 1. The minimum absolute atomic E-state index is 0.107. The predicted octanol–water partition coefficient (Wildman–Crippen LogP) is 4.29. The standard InChI is InChI=1S/C20H35ClN2O/c1-3-5-7-8-9-11-15-23(20(24)18-21)19-12-16-22(17-13-19)14-10-6-4-2/h2,19H,3,5-18H2,1H3. The Kier molecular flexibility index (Phi) is 12.0. The van der Waals surface area contributed by atoms with E-state index in [2.05, 4.69) is 22.6 Å². The molecule has 0 aromatic heterocycles. The van der Waals surface area contributed by atoms with Crippen LogP contribution in [0.2, 0.25) is 0 Å². The van der Waals surface area contributed by atoms with Gasteiger partial charge in [-0.15, -0.1) is 23.9 Å². The van der Waals surface area contributed by atoms with Gasteiger partial charge >= 0.3 is 0 Å². The molecule has 1 saturated heterocycles. The monoisotopic (exact) mass is 354 g/mol. The van der Waals surface area contributed by atoms with E-state index in [4.69, 9.17) is 18.0 Å². The highest BCUT2D eigenvalue weighted by Crippen LogP contribution is 2.19. The Balaban J connectivity index is 2.32. The van der Waals surface area contributed by atoms with E-state index in [0.29, 0.717) is 6.04 Å². The number of carbonyl (C=O) groups is 1. The molecule has 138 valence electrons. The first-order valence-corrected chi connectivity index (χ1v) is 10.3. The Hall–Kier alpha value is -0.720. The first-order chi connectivity index (χ1) is 11.7. The molecule has 1 heterocycles. The number of rotatable bonds is 12. The summed E-state index contributed by atoms with van der Waals surface area (Å²) in [5, 5.41) is 0. The summed E-state index contributed by atoms with van der Waals surface area (Å²) >= 11 is 5.84. The number of carbonyl (C=O) groups excluding carboxylic acids is 1. The van der Waals surface area contributed by atoms with Gasteiger partial charge in [-0.25, -0.2) is 0 Å². The van der Waals surface area contributed by atoms with E-state index in [9.17, 15) is 4.79 Å². The molecule has 0 saturated carbocycles. The average molecular weight is 355 g/mol. The third kappa shape index (κ3) is 8.40. The molecule has 0 aromatic carbocycles. The fourth-order valence-electron chi connectivity index (χ4n) is 3.51. The average Bonchev–Trinajstić information content (AvgIpc) is 2.61.